The van der Waals surface area contributed by atoms with Crippen molar-refractivity contribution in [2.45, 2.75) is 66.2 Å². The monoisotopic (exact) mass is 239 g/mol. The highest BCUT2D eigenvalue weighted by molar-refractivity contribution is 4.71. The number of hydrogen-bond acceptors (Lipinski definition) is 1. The van der Waals surface area contributed by atoms with Gasteiger partial charge in [-0.05, 0) is 50.1 Å². The summed E-state index contributed by atoms with van der Waals surface area (Å²) in [5.41, 5.74) is 0.498. The molecule has 0 heterocycles. The number of nitrogens with one attached hydrogen (secondary N) is 1. The summed E-state index contributed by atoms with van der Waals surface area (Å²) in [4.78, 5) is 0. The molecule has 0 rings (SSSR count). The Morgan fingerprint density at radius 3 is 2.41 bits per heavy atom. The Balaban J connectivity index is 3.47. The lowest BCUT2D eigenvalue weighted by molar-refractivity contribution is 0.288. The van der Waals surface area contributed by atoms with Crippen molar-refractivity contribution < 1.29 is 0 Å². The number of unbranched alkanes of at least 4 members (excludes halogenated alkanes) is 3. The molecule has 0 aliphatic heterocycles. The molecule has 0 saturated heterocycles. The van der Waals surface area contributed by atoms with Crippen molar-refractivity contribution in [3.63, 3.8) is 0 Å². The van der Waals surface area contributed by atoms with Gasteiger partial charge in [0.25, 0.3) is 0 Å². The molecular weight excluding hydrogens is 206 g/mol. The molecule has 0 unspecified atom stereocenters. The van der Waals surface area contributed by atoms with Crippen LogP contribution in [0.15, 0.2) is 12.7 Å². The van der Waals surface area contributed by atoms with Crippen LogP contribution in [0.1, 0.15) is 66.2 Å². The van der Waals surface area contributed by atoms with Crippen molar-refractivity contribution in [3.05, 3.63) is 12.7 Å². The standard InChI is InChI=1S/C16H33N/c1-6-7-8-9-10-11-16(4,5)12-13-17-14-15(2)3/h6,15,17H,1,7-14H2,2-5H3. The van der Waals surface area contributed by atoms with E-state index in [-0.39, 0.29) is 0 Å². The first kappa shape index (κ1) is 16.7. The summed E-state index contributed by atoms with van der Waals surface area (Å²) < 4.78 is 0. The minimum atomic E-state index is 0.498. The van der Waals surface area contributed by atoms with Crippen LogP contribution in [0.3, 0.4) is 0 Å². The van der Waals surface area contributed by atoms with Crippen LogP contribution >= 0.6 is 0 Å². The zero-order valence-electron chi connectivity index (χ0n) is 12.5. The molecule has 0 aromatic rings. The van der Waals surface area contributed by atoms with Gasteiger partial charge in [0.1, 0.15) is 0 Å². The molecule has 17 heavy (non-hydrogen) atoms. The Kier molecular flexibility index (Phi) is 9.53. The molecule has 0 aromatic carbocycles. The Hall–Kier alpha value is -0.300. The van der Waals surface area contributed by atoms with Crippen LogP contribution in [-0.4, -0.2) is 13.1 Å². The maximum atomic E-state index is 3.76. The average Bonchev–Trinajstić information content (AvgIpc) is 2.24. The van der Waals surface area contributed by atoms with Gasteiger partial charge < -0.3 is 5.32 Å². The van der Waals surface area contributed by atoms with E-state index in [1.54, 1.807) is 0 Å². The summed E-state index contributed by atoms with van der Waals surface area (Å²) in [5, 5.41) is 3.54. The molecule has 102 valence electrons. The number of rotatable bonds is 11. The van der Waals surface area contributed by atoms with E-state index in [0.717, 1.165) is 19.0 Å². The first-order chi connectivity index (χ1) is 7.98. The normalized spacial score (nSPS) is 12.1. The fraction of sp³-hybridized carbons (Fsp3) is 0.875. The highest BCUT2D eigenvalue weighted by atomic mass is 14.8. The van der Waals surface area contributed by atoms with Crippen LogP contribution in [0.4, 0.5) is 0 Å². The number of allylic oxidation sites excluding steroid dienone is 1. The Morgan fingerprint density at radius 2 is 1.82 bits per heavy atom. The summed E-state index contributed by atoms with van der Waals surface area (Å²) in [6.45, 7) is 15.4. The smallest absolute Gasteiger partial charge is 0.00258 e. The van der Waals surface area contributed by atoms with E-state index in [0.29, 0.717) is 5.41 Å². The SMILES string of the molecule is C=CCCCCCC(C)(C)CCNCC(C)C. The molecule has 0 aliphatic carbocycles. The highest BCUT2D eigenvalue weighted by Gasteiger charge is 2.16. The second kappa shape index (κ2) is 9.70. The summed E-state index contributed by atoms with van der Waals surface area (Å²) in [6, 6.07) is 0. The number of hydrogen-bond donors (Lipinski definition) is 1. The van der Waals surface area contributed by atoms with E-state index < -0.39 is 0 Å². The summed E-state index contributed by atoms with van der Waals surface area (Å²) in [5.74, 6) is 0.761. The van der Waals surface area contributed by atoms with E-state index in [4.69, 9.17) is 0 Å². The van der Waals surface area contributed by atoms with E-state index in [1.807, 2.05) is 6.08 Å². The third-order valence-corrected chi connectivity index (χ3v) is 3.29. The summed E-state index contributed by atoms with van der Waals surface area (Å²) >= 11 is 0. The quantitative estimate of drug-likeness (QED) is 0.404. The van der Waals surface area contributed by atoms with Gasteiger partial charge in [-0.25, -0.2) is 0 Å². The molecule has 1 N–H and O–H groups in total. The first-order valence-corrected chi connectivity index (χ1v) is 7.29. The van der Waals surface area contributed by atoms with Gasteiger partial charge in [0, 0.05) is 0 Å². The Labute approximate surface area is 109 Å². The maximum Gasteiger partial charge on any atom is -0.00258 e. The second-order valence-corrected chi connectivity index (χ2v) is 6.40. The predicted molar refractivity (Wildman–Crippen MR) is 79.4 cm³/mol. The summed E-state index contributed by atoms with van der Waals surface area (Å²) in [6.07, 6.45) is 9.89. The Morgan fingerprint density at radius 1 is 1.12 bits per heavy atom. The van der Waals surface area contributed by atoms with Crippen molar-refractivity contribution in [2.24, 2.45) is 11.3 Å². The fourth-order valence-electron chi connectivity index (χ4n) is 2.01. The van der Waals surface area contributed by atoms with Gasteiger partial charge in [-0.1, -0.05) is 46.6 Å². The molecule has 0 aromatic heterocycles. The zero-order valence-corrected chi connectivity index (χ0v) is 12.5. The van der Waals surface area contributed by atoms with Crippen LogP contribution in [-0.2, 0) is 0 Å². The van der Waals surface area contributed by atoms with Crippen molar-refractivity contribution in [1.82, 2.24) is 5.32 Å². The second-order valence-electron chi connectivity index (χ2n) is 6.40. The minimum absolute atomic E-state index is 0.498. The molecule has 0 aliphatic rings. The van der Waals surface area contributed by atoms with Gasteiger partial charge in [-0.3, -0.25) is 0 Å². The van der Waals surface area contributed by atoms with E-state index in [9.17, 15) is 0 Å². The molecule has 1 nitrogen and oxygen atoms in total. The van der Waals surface area contributed by atoms with Gasteiger partial charge in [-0.2, -0.15) is 0 Å². The van der Waals surface area contributed by atoms with Crippen LogP contribution < -0.4 is 5.32 Å². The topological polar surface area (TPSA) is 12.0 Å². The van der Waals surface area contributed by atoms with Crippen LogP contribution in [0.2, 0.25) is 0 Å². The van der Waals surface area contributed by atoms with Crippen LogP contribution in [0, 0.1) is 11.3 Å². The molecule has 0 atom stereocenters. The lowest BCUT2D eigenvalue weighted by Gasteiger charge is -2.25. The van der Waals surface area contributed by atoms with Gasteiger partial charge >= 0.3 is 0 Å². The van der Waals surface area contributed by atoms with Gasteiger partial charge in [0.15, 0.2) is 0 Å². The molecular formula is C16H33N. The van der Waals surface area contributed by atoms with Crippen molar-refractivity contribution in [2.75, 3.05) is 13.1 Å². The van der Waals surface area contributed by atoms with Crippen molar-refractivity contribution in [3.8, 4) is 0 Å². The van der Waals surface area contributed by atoms with Crippen molar-refractivity contribution in [1.29, 1.82) is 0 Å². The average molecular weight is 239 g/mol. The molecule has 1 heteroatoms. The third-order valence-electron chi connectivity index (χ3n) is 3.29. The first-order valence-electron chi connectivity index (χ1n) is 7.29. The van der Waals surface area contributed by atoms with E-state index in [2.05, 4.69) is 39.6 Å². The third kappa shape index (κ3) is 12.0. The molecule has 0 saturated carbocycles. The van der Waals surface area contributed by atoms with Crippen molar-refractivity contribution >= 4 is 0 Å². The largest absolute Gasteiger partial charge is 0.316 e. The van der Waals surface area contributed by atoms with E-state index >= 15 is 0 Å². The summed E-state index contributed by atoms with van der Waals surface area (Å²) in [7, 11) is 0. The molecule has 0 radical (unpaired) electrons. The molecule has 0 bridgehead atoms. The molecule has 0 spiro atoms. The predicted octanol–water partition coefficient (Wildman–Crippen LogP) is 4.78. The molecule has 0 amide bonds. The molecule has 0 fully saturated rings. The lowest BCUT2D eigenvalue weighted by Crippen LogP contribution is -2.25. The fourth-order valence-corrected chi connectivity index (χ4v) is 2.01. The minimum Gasteiger partial charge on any atom is -0.316 e. The zero-order chi connectivity index (χ0) is 13.1. The van der Waals surface area contributed by atoms with Crippen LogP contribution in [0.5, 0.6) is 0 Å². The van der Waals surface area contributed by atoms with Gasteiger partial charge in [-0.15, -0.1) is 6.58 Å². The van der Waals surface area contributed by atoms with Gasteiger partial charge in [0.2, 0.25) is 0 Å². The van der Waals surface area contributed by atoms with Crippen LogP contribution in [0.25, 0.3) is 0 Å². The van der Waals surface area contributed by atoms with E-state index in [1.165, 1.54) is 38.5 Å². The lowest BCUT2D eigenvalue weighted by atomic mass is 9.83. The maximum absolute atomic E-state index is 3.76. The van der Waals surface area contributed by atoms with Gasteiger partial charge in [0.05, 0.1) is 0 Å². The highest BCUT2D eigenvalue weighted by Crippen LogP contribution is 2.27. The Bertz CT molecular complexity index is 182.